The number of hydrogen-bond donors (Lipinski definition) is 0. The van der Waals surface area contributed by atoms with Crippen molar-refractivity contribution in [2.24, 2.45) is 0 Å². The first-order chi connectivity index (χ1) is 6.77. The summed E-state index contributed by atoms with van der Waals surface area (Å²) in [6, 6.07) is 0. The Morgan fingerprint density at radius 1 is 0.923 bits per heavy atom. The van der Waals surface area contributed by atoms with Crippen molar-refractivity contribution >= 4 is 0 Å². The van der Waals surface area contributed by atoms with Gasteiger partial charge in [0.1, 0.15) is 0 Å². The van der Waals surface area contributed by atoms with Crippen molar-refractivity contribution in [1.82, 2.24) is 0 Å². The van der Waals surface area contributed by atoms with Gasteiger partial charge < -0.3 is 0 Å². The van der Waals surface area contributed by atoms with Crippen LogP contribution in [-0.4, -0.2) is 0 Å². The number of rotatable bonds is 9. The number of hydrogen-bond acceptors (Lipinski definition) is 0. The first-order valence-corrected chi connectivity index (χ1v) is 5.63. The molecular formula is C13H24. The Kier molecular flexibility index (Phi) is 9.46. The second-order valence-electron chi connectivity index (χ2n) is 3.63. The van der Waals surface area contributed by atoms with Crippen molar-refractivity contribution in [3.8, 4) is 12.3 Å². The number of terminal acetylenes is 1. The summed E-state index contributed by atoms with van der Waals surface area (Å²) in [7, 11) is 0. The van der Waals surface area contributed by atoms with E-state index in [0.29, 0.717) is 0 Å². The molecule has 13 heavy (non-hydrogen) atoms. The molecule has 0 aromatic rings. The van der Waals surface area contributed by atoms with Crippen LogP contribution in [0.3, 0.4) is 0 Å². The quantitative estimate of drug-likeness (QED) is 0.362. The van der Waals surface area contributed by atoms with Gasteiger partial charge in [0.15, 0.2) is 0 Å². The fraction of sp³-hybridized carbons (Fsp3) is 0.846. The predicted molar refractivity (Wildman–Crippen MR) is 60.7 cm³/mol. The molecule has 0 heterocycles. The molecule has 0 amide bonds. The Hall–Kier alpha value is -0.440. The molecule has 0 aromatic carbocycles. The SMILES string of the molecule is [2H][C@H](C)CCCCCCCCCC#C. The fourth-order valence-corrected chi connectivity index (χ4v) is 1.46. The third-order valence-electron chi connectivity index (χ3n) is 2.31. The lowest BCUT2D eigenvalue weighted by Gasteiger charge is -1.99. The predicted octanol–water partition coefficient (Wildman–Crippen LogP) is 4.54. The normalized spacial score (nSPS) is 13.4. The van der Waals surface area contributed by atoms with Crippen molar-refractivity contribution in [3.05, 3.63) is 0 Å². The van der Waals surface area contributed by atoms with Crippen LogP contribution in [0.2, 0.25) is 0 Å². The summed E-state index contributed by atoms with van der Waals surface area (Å²) in [5, 5.41) is 0. The first-order valence-electron chi connectivity index (χ1n) is 6.21. The van der Waals surface area contributed by atoms with Gasteiger partial charge in [-0.15, -0.1) is 12.3 Å². The van der Waals surface area contributed by atoms with E-state index in [-0.39, 0.29) is 6.40 Å². The Balaban J connectivity index is 2.89. The summed E-state index contributed by atoms with van der Waals surface area (Å²) in [6.45, 7) is 1.97. The van der Waals surface area contributed by atoms with Crippen LogP contribution in [0.4, 0.5) is 0 Å². The van der Waals surface area contributed by atoms with E-state index in [0.717, 1.165) is 12.8 Å². The monoisotopic (exact) mass is 181 g/mol. The third kappa shape index (κ3) is 11.6. The van der Waals surface area contributed by atoms with Crippen LogP contribution < -0.4 is 0 Å². The van der Waals surface area contributed by atoms with Gasteiger partial charge >= 0.3 is 0 Å². The Labute approximate surface area is 85.5 Å². The molecule has 0 aliphatic rings. The Morgan fingerprint density at radius 3 is 1.85 bits per heavy atom. The molecule has 0 aromatic heterocycles. The largest absolute Gasteiger partial charge is 0.120 e. The lowest BCUT2D eigenvalue weighted by atomic mass is 10.1. The molecule has 1 atom stereocenters. The van der Waals surface area contributed by atoms with Gasteiger partial charge in [-0.3, -0.25) is 0 Å². The van der Waals surface area contributed by atoms with Crippen LogP contribution in [0.1, 0.15) is 72.5 Å². The highest BCUT2D eigenvalue weighted by Gasteiger charge is 1.90. The zero-order valence-corrected chi connectivity index (χ0v) is 9.02. The molecule has 76 valence electrons. The fourth-order valence-electron chi connectivity index (χ4n) is 1.46. The molecule has 0 rings (SSSR count). The molecule has 0 aliphatic heterocycles. The molecule has 0 fully saturated rings. The van der Waals surface area contributed by atoms with Crippen LogP contribution in [0.5, 0.6) is 0 Å². The van der Waals surface area contributed by atoms with Gasteiger partial charge in [-0.2, -0.15) is 0 Å². The average Bonchev–Trinajstić information content (AvgIpc) is 2.15. The summed E-state index contributed by atoms with van der Waals surface area (Å²) in [4.78, 5) is 0. The van der Waals surface area contributed by atoms with Crippen LogP contribution >= 0.6 is 0 Å². The van der Waals surface area contributed by atoms with Gasteiger partial charge in [0.25, 0.3) is 0 Å². The maximum absolute atomic E-state index is 7.35. The Bertz CT molecular complexity index is 144. The van der Waals surface area contributed by atoms with E-state index in [9.17, 15) is 0 Å². The summed E-state index contributed by atoms with van der Waals surface area (Å²) in [5.41, 5.74) is 0. The van der Waals surface area contributed by atoms with Crippen molar-refractivity contribution in [2.45, 2.75) is 71.1 Å². The highest BCUT2D eigenvalue weighted by molar-refractivity contribution is 4.82. The maximum Gasteiger partial charge on any atom is 0.0264 e. The summed E-state index contributed by atoms with van der Waals surface area (Å²) in [5.74, 6) is 2.67. The van der Waals surface area contributed by atoms with Gasteiger partial charge in [-0.1, -0.05) is 58.3 Å². The van der Waals surface area contributed by atoms with E-state index in [1.165, 1.54) is 44.9 Å². The van der Waals surface area contributed by atoms with E-state index < -0.39 is 0 Å². The van der Waals surface area contributed by atoms with Gasteiger partial charge in [0.05, 0.1) is 0 Å². The second-order valence-corrected chi connectivity index (χ2v) is 3.63. The molecule has 0 spiro atoms. The van der Waals surface area contributed by atoms with Crippen LogP contribution in [0.25, 0.3) is 0 Å². The molecule has 0 saturated carbocycles. The van der Waals surface area contributed by atoms with E-state index in [1.807, 2.05) is 6.92 Å². The van der Waals surface area contributed by atoms with E-state index in [4.69, 9.17) is 7.79 Å². The minimum atomic E-state index is 0.130. The minimum absolute atomic E-state index is 0.130. The first kappa shape index (κ1) is 10.6. The summed E-state index contributed by atoms with van der Waals surface area (Å²) >= 11 is 0. The summed E-state index contributed by atoms with van der Waals surface area (Å²) < 4.78 is 7.35. The zero-order chi connectivity index (χ0) is 10.6. The van der Waals surface area contributed by atoms with E-state index in [2.05, 4.69) is 5.92 Å². The van der Waals surface area contributed by atoms with Crippen LogP contribution in [0, 0.1) is 12.3 Å². The van der Waals surface area contributed by atoms with Gasteiger partial charge in [-0.25, -0.2) is 0 Å². The van der Waals surface area contributed by atoms with E-state index >= 15 is 0 Å². The third-order valence-corrected chi connectivity index (χ3v) is 2.31. The smallest absolute Gasteiger partial charge is 0.0264 e. The molecule has 0 radical (unpaired) electrons. The zero-order valence-electron chi connectivity index (χ0n) is 10.0. The van der Waals surface area contributed by atoms with Crippen LogP contribution in [-0.2, 0) is 0 Å². The standard InChI is InChI=1S/C13H24/c1-3-5-7-9-11-13-12-10-8-6-4-2/h1H,4-13H2,2H3/i4D/t4-/m1/s1. The highest BCUT2D eigenvalue weighted by atomic mass is 14.0. The van der Waals surface area contributed by atoms with Crippen molar-refractivity contribution < 1.29 is 1.37 Å². The molecule has 0 heteroatoms. The van der Waals surface area contributed by atoms with E-state index in [1.54, 1.807) is 0 Å². The molecular weight excluding hydrogens is 156 g/mol. The minimum Gasteiger partial charge on any atom is -0.120 e. The van der Waals surface area contributed by atoms with Crippen molar-refractivity contribution in [1.29, 1.82) is 0 Å². The van der Waals surface area contributed by atoms with Gasteiger partial charge in [-0.05, 0) is 6.42 Å². The highest BCUT2D eigenvalue weighted by Crippen LogP contribution is 2.09. The van der Waals surface area contributed by atoms with Gasteiger partial charge in [0, 0.05) is 7.79 Å². The lowest BCUT2D eigenvalue weighted by molar-refractivity contribution is 0.567. The topological polar surface area (TPSA) is 0 Å². The lowest BCUT2D eigenvalue weighted by Crippen LogP contribution is -1.80. The molecule has 0 bridgehead atoms. The molecule has 0 aliphatic carbocycles. The number of unbranched alkanes of at least 4 members (excludes halogenated alkanes) is 7. The van der Waals surface area contributed by atoms with Crippen molar-refractivity contribution in [2.75, 3.05) is 0 Å². The molecule has 0 unspecified atom stereocenters. The average molecular weight is 181 g/mol. The van der Waals surface area contributed by atoms with Crippen LogP contribution in [0.15, 0.2) is 0 Å². The van der Waals surface area contributed by atoms with Gasteiger partial charge in [0.2, 0.25) is 0 Å². The molecule has 0 saturated heterocycles. The molecule has 0 nitrogen and oxygen atoms in total. The second kappa shape index (κ2) is 11.6. The summed E-state index contributed by atoms with van der Waals surface area (Å²) in [6.07, 6.45) is 16.3. The molecule has 0 N–H and O–H groups in total. The maximum atomic E-state index is 7.35. The Morgan fingerprint density at radius 2 is 1.38 bits per heavy atom. The van der Waals surface area contributed by atoms with Crippen molar-refractivity contribution in [3.63, 3.8) is 0 Å².